The van der Waals surface area contributed by atoms with Crippen molar-refractivity contribution in [1.29, 1.82) is 0 Å². The Labute approximate surface area is 134 Å². The van der Waals surface area contributed by atoms with Crippen LogP contribution in [-0.4, -0.2) is 19.5 Å². The van der Waals surface area contributed by atoms with Gasteiger partial charge in [0.1, 0.15) is 11.6 Å². The van der Waals surface area contributed by atoms with Crippen molar-refractivity contribution in [3.63, 3.8) is 0 Å². The van der Waals surface area contributed by atoms with Crippen LogP contribution in [-0.2, 0) is 6.42 Å². The van der Waals surface area contributed by atoms with Crippen LogP contribution in [0.2, 0.25) is 0 Å². The number of carbonyl (C=O) groups excluding carboxylic acids is 1. The van der Waals surface area contributed by atoms with E-state index in [2.05, 4.69) is 10.6 Å². The number of nitrogens with one attached hydrogen (secondary N) is 2. The van der Waals surface area contributed by atoms with Crippen LogP contribution < -0.4 is 10.6 Å². The zero-order chi connectivity index (χ0) is 16.8. The maximum absolute atomic E-state index is 13.8. The second-order valence-electron chi connectivity index (χ2n) is 5.34. The molecule has 1 amide bonds. The molecule has 0 aliphatic rings. The fourth-order valence-corrected chi connectivity index (χ4v) is 2.49. The molecule has 0 saturated carbocycles. The van der Waals surface area contributed by atoms with Gasteiger partial charge in [0.15, 0.2) is 0 Å². The van der Waals surface area contributed by atoms with E-state index in [1.54, 1.807) is 19.1 Å². The first-order valence-electron chi connectivity index (χ1n) is 7.52. The lowest BCUT2D eigenvalue weighted by Crippen LogP contribution is -2.29. The first kappa shape index (κ1) is 17.1. The maximum atomic E-state index is 13.8. The summed E-state index contributed by atoms with van der Waals surface area (Å²) in [4.78, 5) is 12.5. The molecule has 0 aliphatic carbocycles. The van der Waals surface area contributed by atoms with Gasteiger partial charge in [0.2, 0.25) is 0 Å². The zero-order valence-corrected chi connectivity index (χ0v) is 13.2. The average Bonchev–Trinajstić information content (AvgIpc) is 2.53. The SMILES string of the molecule is CNCCc1ccccc1C(=O)NC(C)c1c(F)cccc1F. The molecule has 0 aliphatic heterocycles. The molecule has 0 radical (unpaired) electrons. The highest BCUT2D eigenvalue weighted by Crippen LogP contribution is 2.21. The van der Waals surface area contributed by atoms with Crippen molar-refractivity contribution < 1.29 is 13.6 Å². The second-order valence-corrected chi connectivity index (χ2v) is 5.34. The summed E-state index contributed by atoms with van der Waals surface area (Å²) < 4.78 is 27.6. The van der Waals surface area contributed by atoms with Crippen molar-refractivity contribution >= 4 is 5.91 Å². The molecule has 3 nitrogen and oxygen atoms in total. The molecule has 0 saturated heterocycles. The number of likely N-dealkylation sites (N-methyl/N-ethyl adjacent to an activating group) is 1. The number of benzene rings is 2. The summed E-state index contributed by atoms with van der Waals surface area (Å²) >= 11 is 0. The third-order valence-corrected chi connectivity index (χ3v) is 3.69. The molecule has 2 aromatic rings. The number of hydrogen-bond donors (Lipinski definition) is 2. The molecule has 0 bridgehead atoms. The van der Waals surface area contributed by atoms with Crippen LogP contribution in [0.25, 0.3) is 0 Å². The normalized spacial score (nSPS) is 12.0. The van der Waals surface area contributed by atoms with Crippen LogP contribution in [0.5, 0.6) is 0 Å². The van der Waals surface area contributed by atoms with E-state index >= 15 is 0 Å². The molecule has 5 heteroatoms. The quantitative estimate of drug-likeness (QED) is 0.859. The molecule has 2 aromatic carbocycles. The Morgan fingerprint density at radius 3 is 2.39 bits per heavy atom. The monoisotopic (exact) mass is 318 g/mol. The summed E-state index contributed by atoms with van der Waals surface area (Å²) in [5.74, 6) is -1.67. The number of hydrogen-bond acceptors (Lipinski definition) is 2. The zero-order valence-electron chi connectivity index (χ0n) is 13.2. The Balaban J connectivity index is 2.19. The summed E-state index contributed by atoms with van der Waals surface area (Å²) in [5, 5.41) is 5.70. The highest BCUT2D eigenvalue weighted by molar-refractivity contribution is 5.95. The molecule has 23 heavy (non-hydrogen) atoms. The van der Waals surface area contributed by atoms with Gasteiger partial charge in [0.25, 0.3) is 5.91 Å². The Hall–Kier alpha value is -2.27. The third-order valence-electron chi connectivity index (χ3n) is 3.69. The van der Waals surface area contributed by atoms with E-state index in [4.69, 9.17) is 0 Å². The van der Waals surface area contributed by atoms with Crippen LogP contribution in [0.15, 0.2) is 42.5 Å². The van der Waals surface area contributed by atoms with Gasteiger partial charge in [-0.25, -0.2) is 8.78 Å². The average molecular weight is 318 g/mol. The number of carbonyl (C=O) groups is 1. The summed E-state index contributed by atoms with van der Waals surface area (Å²) in [6.45, 7) is 2.30. The minimum Gasteiger partial charge on any atom is -0.345 e. The highest BCUT2D eigenvalue weighted by atomic mass is 19.1. The molecule has 1 unspecified atom stereocenters. The van der Waals surface area contributed by atoms with E-state index in [1.165, 1.54) is 18.2 Å². The molecule has 2 N–H and O–H groups in total. The van der Waals surface area contributed by atoms with Crippen molar-refractivity contribution in [3.8, 4) is 0 Å². The minimum absolute atomic E-state index is 0.131. The first-order valence-corrected chi connectivity index (χ1v) is 7.52. The largest absolute Gasteiger partial charge is 0.345 e. The smallest absolute Gasteiger partial charge is 0.252 e. The molecule has 0 spiro atoms. The molecule has 2 rings (SSSR count). The van der Waals surface area contributed by atoms with Gasteiger partial charge in [-0.3, -0.25) is 4.79 Å². The number of rotatable bonds is 6. The number of amides is 1. The van der Waals surface area contributed by atoms with Crippen LogP contribution in [0.3, 0.4) is 0 Å². The minimum atomic E-state index is -0.763. The van der Waals surface area contributed by atoms with E-state index in [0.717, 1.165) is 12.1 Å². The predicted molar refractivity (Wildman–Crippen MR) is 86.3 cm³/mol. The Morgan fingerprint density at radius 2 is 1.74 bits per heavy atom. The lowest BCUT2D eigenvalue weighted by Gasteiger charge is -2.17. The van der Waals surface area contributed by atoms with Crippen molar-refractivity contribution in [3.05, 3.63) is 70.8 Å². The van der Waals surface area contributed by atoms with Gasteiger partial charge in [0.05, 0.1) is 6.04 Å². The van der Waals surface area contributed by atoms with E-state index < -0.39 is 17.7 Å². The molecule has 0 heterocycles. The van der Waals surface area contributed by atoms with Crippen molar-refractivity contribution in [1.82, 2.24) is 10.6 Å². The van der Waals surface area contributed by atoms with Gasteiger partial charge < -0.3 is 10.6 Å². The third kappa shape index (κ3) is 4.13. The fourth-order valence-electron chi connectivity index (χ4n) is 2.49. The molecular formula is C18H20F2N2O. The molecule has 1 atom stereocenters. The maximum Gasteiger partial charge on any atom is 0.252 e. The fraction of sp³-hybridized carbons (Fsp3) is 0.278. The van der Waals surface area contributed by atoms with Crippen LogP contribution in [0, 0.1) is 11.6 Å². The second kappa shape index (κ2) is 7.83. The van der Waals surface area contributed by atoms with Crippen molar-refractivity contribution in [2.45, 2.75) is 19.4 Å². The lowest BCUT2D eigenvalue weighted by molar-refractivity contribution is 0.0938. The molecule has 0 aromatic heterocycles. The lowest BCUT2D eigenvalue weighted by atomic mass is 10.0. The van der Waals surface area contributed by atoms with E-state index in [0.29, 0.717) is 12.0 Å². The van der Waals surface area contributed by atoms with Crippen molar-refractivity contribution in [2.24, 2.45) is 0 Å². The van der Waals surface area contributed by atoms with Gasteiger partial charge in [-0.2, -0.15) is 0 Å². The predicted octanol–water partition coefficient (Wildman–Crippen LogP) is 3.22. The Kier molecular flexibility index (Phi) is 5.82. The van der Waals surface area contributed by atoms with Gasteiger partial charge in [0, 0.05) is 11.1 Å². The highest BCUT2D eigenvalue weighted by Gasteiger charge is 2.19. The summed E-state index contributed by atoms with van der Waals surface area (Å²) in [6.07, 6.45) is 0.697. The summed E-state index contributed by atoms with van der Waals surface area (Å²) in [7, 11) is 1.84. The van der Waals surface area contributed by atoms with E-state index in [9.17, 15) is 13.6 Å². The van der Waals surface area contributed by atoms with Crippen LogP contribution in [0.4, 0.5) is 8.78 Å². The topological polar surface area (TPSA) is 41.1 Å². The van der Waals surface area contributed by atoms with Gasteiger partial charge >= 0.3 is 0 Å². The van der Waals surface area contributed by atoms with Crippen LogP contribution in [0.1, 0.15) is 34.5 Å². The standard InChI is InChI=1S/C18H20F2N2O/c1-12(17-15(19)8-5-9-16(17)20)22-18(23)14-7-4-3-6-13(14)10-11-21-2/h3-9,12,21H,10-11H2,1-2H3,(H,22,23). The Bertz CT molecular complexity index is 668. The molecule has 122 valence electrons. The number of halogens is 2. The van der Waals surface area contributed by atoms with Gasteiger partial charge in [-0.15, -0.1) is 0 Å². The van der Waals surface area contributed by atoms with Gasteiger partial charge in [-0.05, 0) is 50.7 Å². The van der Waals surface area contributed by atoms with E-state index in [1.807, 2.05) is 19.2 Å². The molecule has 0 fully saturated rings. The molecular weight excluding hydrogens is 298 g/mol. The first-order chi connectivity index (χ1) is 11.0. The van der Waals surface area contributed by atoms with Gasteiger partial charge in [-0.1, -0.05) is 24.3 Å². The Morgan fingerprint density at radius 1 is 1.09 bits per heavy atom. The van der Waals surface area contributed by atoms with E-state index in [-0.39, 0.29) is 11.5 Å². The van der Waals surface area contributed by atoms with Crippen LogP contribution >= 0.6 is 0 Å². The van der Waals surface area contributed by atoms with Crippen molar-refractivity contribution in [2.75, 3.05) is 13.6 Å². The summed E-state index contributed by atoms with van der Waals surface area (Å²) in [6, 6.07) is 10.1. The summed E-state index contributed by atoms with van der Waals surface area (Å²) in [5.41, 5.74) is 1.28.